The molecule has 0 aliphatic rings. The van der Waals surface area contributed by atoms with Crippen LogP contribution in [0.25, 0.3) is 5.69 Å². The van der Waals surface area contributed by atoms with Crippen LogP contribution >= 0.6 is 0 Å². The predicted octanol–water partition coefficient (Wildman–Crippen LogP) is 1.01. The van der Waals surface area contributed by atoms with Gasteiger partial charge >= 0.3 is 0 Å². The molecule has 0 radical (unpaired) electrons. The van der Waals surface area contributed by atoms with Crippen molar-refractivity contribution in [3.8, 4) is 5.69 Å². The van der Waals surface area contributed by atoms with Crippen molar-refractivity contribution in [2.45, 2.75) is 13.0 Å². The fourth-order valence-electron chi connectivity index (χ4n) is 1.72. The number of nitrogens with zero attached hydrogens (tertiary/aromatic N) is 2. The number of carbonyl (C=O) groups excluding carboxylic acids is 1. The van der Waals surface area contributed by atoms with E-state index in [2.05, 4.69) is 10.3 Å². The number of aromatic nitrogens is 2. The van der Waals surface area contributed by atoms with E-state index in [1.807, 2.05) is 42.0 Å². The quantitative estimate of drug-likeness (QED) is 0.824. The summed E-state index contributed by atoms with van der Waals surface area (Å²) in [7, 11) is 0. The molecule has 0 aliphatic carbocycles. The van der Waals surface area contributed by atoms with E-state index in [1.165, 1.54) is 0 Å². The van der Waals surface area contributed by atoms with Crippen LogP contribution in [0.15, 0.2) is 43.0 Å². The van der Waals surface area contributed by atoms with E-state index in [-0.39, 0.29) is 18.5 Å². The van der Waals surface area contributed by atoms with Crippen molar-refractivity contribution in [1.82, 2.24) is 14.9 Å². The van der Waals surface area contributed by atoms with Gasteiger partial charge in [-0.1, -0.05) is 12.1 Å². The highest BCUT2D eigenvalue weighted by atomic mass is 16.1. The van der Waals surface area contributed by atoms with Crippen LogP contribution in [0.2, 0.25) is 0 Å². The lowest BCUT2D eigenvalue weighted by molar-refractivity contribution is -0.117. The van der Waals surface area contributed by atoms with Crippen LogP contribution < -0.4 is 11.1 Å². The number of rotatable bonds is 5. The van der Waals surface area contributed by atoms with Gasteiger partial charge < -0.3 is 15.6 Å². The first kappa shape index (κ1) is 12.3. The van der Waals surface area contributed by atoms with Gasteiger partial charge in [0.25, 0.3) is 0 Å². The average molecular weight is 244 g/mol. The summed E-state index contributed by atoms with van der Waals surface area (Å²) in [5.74, 6) is -0.350. The molecular weight excluding hydrogens is 228 g/mol. The third kappa shape index (κ3) is 2.95. The Morgan fingerprint density at radius 1 is 1.44 bits per heavy atom. The summed E-state index contributed by atoms with van der Waals surface area (Å²) in [6.07, 6.45) is 5.39. The number of hydrogen-bond acceptors (Lipinski definition) is 3. The maximum atomic E-state index is 10.7. The molecule has 1 aromatic heterocycles. The first-order valence-electron chi connectivity index (χ1n) is 5.77. The van der Waals surface area contributed by atoms with E-state index in [0.717, 1.165) is 11.3 Å². The predicted molar refractivity (Wildman–Crippen MR) is 69.2 cm³/mol. The zero-order valence-corrected chi connectivity index (χ0v) is 10.2. The van der Waals surface area contributed by atoms with E-state index >= 15 is 0 Å². The second-order valence-corrected chi connectivity index (χ2v) is 4.13. The highest BCUT2D eigenvalue weighted by Crippen LogP contribution is 2.15. The number of hydrogen-bond donors (Lipinski definition) is 2. The van der Waals surface area contributed by atoms with Gasteiger partial charge in [-0.2, -0.15) is 0 Å². The third-order valence-corrected chi connectivity index (χ3v) is 2.78. The van der Waals surface area contributed by atoms with E-state index in [4.69, 9.17) is 5.73 Å². The Hall–Kier alpha value is -2.14. The van der Waals surface area contributed by atoms with Gasteiger partial charge in [0.15, 0.2) is 0 Å². The Labute approximate surface area is 106 Å². The molecule has 1 amide bonds. The molecule has 1 unspecified atom stereocenters. The van der Waals surface area contributed by atoms with Gasteiger partial charge in [-0.3, -0.25) is 4.79 Å². The summed E-state index contributed by atoms with van der Waals surface area (Å²) in [4.78, 5) is 14.7. The Kier molecular flexibility index (Phi) is 3.74. The Morgan fingerprint density at radius 3 is 2.72 bits per heavy atom. The zero-order chi connectivity index (χ0) is 13.0. The molecule has 0 aliphatic heterocycles. The standard InChI is InChI=1S/C13H16N4O/c1-10(16-8-13(14)18)11-2-4-12(5-3-11)17-7-6-15-9-17/h2-7,9-10,16H,8H2,1H3,(H2,14,18). The summed E-state index contributed by atoms with van der Waals surface area (Å²) in [5, 5.41) is 3.06. The maximum absolute atomic E-state index is 10.7. The van der Waals surface area contributed by atoms with Crippen molar-refractivity contribution in [1.29, 1.82) is 0 Å². The highest BCUT2D eigenvalue weighted by Gasteiger charge is 2.06. The van der Waals surface area contributed by atoms with Gasteiger partial charge in [0.05, 0.1) is 12.9 Å². The molecule has 18 heavy (non-hydrogen) atoms. The number of amides is 1. The number of imidazole rings is 1. The van der Waals surface area contributed by atoms with Crippen LogP contribution in [0, 0.1) is 0 Å². The minimum Gasteiger partial charge on any atom is -0.369 e. The Balaban J connectivity index is 2.05. The molecule has 1 aromatic carbocycles. The lowest BCUT2D eigenvalue weighted by Gasteiger charge is -2.13. The van der Waals surface area contributed by atoms with E-state index in [1.54, 1.807) is 12.5 Å². The van der Waals surface area contributed by atoms with Crippen molar-refractivity contribution in [2.75, 3.05) is 6.54 Å². The summed E-state index contributed by atoms with van der Waals surface area (Å²) in [6.45, 7) is 2.18. The molecule has 0 spiro atoms. The van der Waals surface area contributed by atoms with Crippen LogP contribution in [-0.4, -0.2) is 22.0 Å². The normalized spacial score (nSPS) is 12.3. The van der Waals surface area contributed by atoms with Crippen LogP contribution in [0.4, 0.5) is 0 Å². The number of benzene rings is 1. The molecule has 3 N–H and O–H groups in total. The third-order valence-electron chi connectivity index (χ3n) is 2.78. The summed E-state index contributed by atoms with van der Waals surface area (Å²) in [6, 6.07) is 8.16. The summed E-state index contributed by atoms with van der Waals surface area (Å²) < 4.78 is 1.94. The molecule has 5 nitrogen and oxygen atoms in total. The maximum Gasteiger partial charge on any atom is 0.231 e. The molecule has 1 heterocycles. The van der Waals surface area contributed by atoms with Gasteiger partial charge in [-0.15, -0.1) is 0 Å². The van der Waals surface area contributed by atoms with Gasteiger partial charge in [0.1, 0.15) is 0 Å². The topological polar surface area (TPSA) is 72.9 Å². The lowest BCUT2D eigenvalue weighted by atomic mass is 10.1. The van der Waals surface area contributed by atoms with Crippen molar-refractivity contribution >= 4 is 5.91 Å². The fourth-order valence-corrected chi connectivity index (χ4v) is 1.72. The van der Waals surface area contributed by atoms with Crippen LogP contribution in [0.1, 0.15) is 18.5 Å². The molecule has 0 fully saturated rings. The SMILES string of the molecule is CC(NCC(N)=O)c1ccc(-n2ccnc2)cc1. The number of carbonyl (C=O) groups is 1. The largest absolute Gasteiger partial charge is 0.369 e. The smallest absolute Gasteiger partial charge is 0.231 e. The van der Waals surface area contributed by atoms with E-state index in [0.29, 0.717) is 0 Å². The number of nitrogens with one attached hydrogen (secondary N) is 1. The summed E-state index contributed by atoms with van der Waals surface area (Å²) in [5.41, 5.74) is 7.26. The second kappa shape index (κ2) is 5.46. The molecule has 5 heteroatoms. The molecule has 2 aromatic rings. The van der Waals surface area contributed by atoms with Crippen molar-refractivity contribution < 1.29 is 4.79 Å². The van der Waals surface area contributed by atoms with Crippen LogP contribution in [-0.2, 0) is 4.79 Å². The van der Waals surface area contributed by atoms with Gasteiger partial charge in [0, 0.05) is 24.1 Å². The van der Waals surface area contributed by atoms with Gasteiger partial charge in [0.2, 0.25) is 5.91 Å². The number of primary amides is 1. The Bertz CT molecular complexity index is 504. The first-order valence-corrected chi connectivity index (χ1v) is 5.77. The van der Waals surface area contributed by atoms with E-state index in [9.17, 15) is 4.79 Å². The number of nitrogens with two attached hydrogens (primary N) is 1. The van der Waals surface area contributed by atoms with Gasteiger partial charge in [-0.05, 0) is 24.6 Å². The molecule has 94 valence electrons. The molecule has 1 atom stereocenters. The van der Waals surface area contributed by atoms with Crippen LogP contribution in [0.3, 0.4) is 0 Å². The molecule has 2 rings (SSSR count). The Morgan fingerprint density at radius 2 is 2.17 bits per heavy atom. The first-order chi connectivity index (χ1) is 8.66. The zero-order valence-electron chi connectivity index (χ0n) is 10.2. The monoisotopic (exact) mass is 244 g/mol. The minimum atomic E-state index is -0.350. The molecule has 0 saturated carbocycles. The average Bonchev–Trinajstić information content (AvgIpc) is 2.90. The van der Waals surface area contributed by atoms with Crippen molar-refractivity contribution in [3.63, 3.8) is 0 Å². The second-order valence-electron chi connectivity index (χ2n) is 4.13. The minimum absolute atomic E-state index is 0.0920. The van der Waals surface area contributed by atoms with Crippen molar-refractivity contribution in [3.05, 3.63) is 48.5 Å². The van der Waals surface area contributed by atoms with E-state index < -0.39 is 0 Å². The molecule has 0 saturated heterocycles. The summed E-state index contributed by atoms with van der Waals surface area (Å²) >= 11 is 0. The lowest BCUT2D eigenvalue weighted by Crippen LogP contribution is -2.30. The fraction of sp³-hybridized carbons (Fsp3) is 0.231. The van der Waals surface area contributed by atoms with Gasteiger partial charge in [-0.25, -0.2) is 4.98 Å². The molecule has 0 bridgehead atoms. The van der Waals surface area contributed by atoms with Crippen molar-refractivity contribution in [2.24, 2.45) is 5.73 Å². The molecular formula is C13H16N4O. The highest BCUT2D eigenvalue weighted by molar-refractivity contribution is 5.75. The van der Waals surface area contributed by atoms with Crippen LogP contribution in [0.5, 0.6) is 0 Å².